The average molecular weight is 731 g/mol. The summed E-state index contributed by atoms with van der Waals surface area (Å²) < 4.78 is 0. The number of benzene rings is 3. The minimum atomic E-state index is 0. The van der Waals surface area contributed by atoms with E-state index < -0.39 is 0 Å². The van der Waals surface area contributed by atoms with E-state index in [1.165, 1.54) is 55.4 Å². The molecule has 0 saturated carbocycles. The van der Waals surface area contributed by atoms with Crippen LogP contribution in [0.1, 0.15) is 85.5 Å². The van der Waals surface area contributed by atoms with E-state index in [9.17, 15) is 0 Å². The monoisotopic (exact) mass is 728 g/mol. The summed E-state index contributed by atoms with van der Waals surface area (Å²) in [5.41, 5.74) is 14.4. The predicted octanol–water partition coefficient (Wildman–Crippen LogP) is 12.9. The van der Waals surface area contributed by atoms with Gasteiger partial charge in [0, 0.05) is 0 Å². The maximum atomic E-state index is 5.26. The molecule has 0 saturated heterocycles. The van der Waals surface area contributed by atoms with E-state index in [-0.39, 0.29) is 7.43 Å². The summed E-state index contributed by atoms with van der Waals surface area (Å²) in [6.45, 7) is 27.2. The molecule has 0 radical (unpaired) electrons. The van der Waals surface area contributed by atoms with Crippen LogP contribution in [0.5, 0.6) is 0 Å². The zero-order valence-electron chi connectivity index (χ0n) is 26.1. The number of nitrogens with zero attached hydrogens (tertiary/aromatic N) is 2. The van der Waals surface area contributed by atoms with Crippen LogP contribution in [0.3, 0.4) is 0 Å². The summed E-state index contributed by atoms with van der Waals surface area (Å²) in [7, 11) is 1.25. The molecule has 3 aromatic rings. The van der Waals surface area contributed by atoms with E-state index in [2.05, 4.69) is 146 Å². The van der Waals surface area contributed by atoms with Gasteiger partial charge in [0.05, 0.1) is 22.8 Å². The summed E-state index contributed by atoms with van der Waals surface area (Å²) in [5, 5.41) is 0. The molecule has 3 aromatic carbocycles. The van der Waals surface area contributed by atoms with Crippen molar-refractivity contribution in [3.8, 4) is 0 Å². The minimum absolute atomic E-state index is 0. The van der Waals surface area contributed by atoms with Crippen LogP contribution in [0, 0.1) is 48.5 Å². The summed E-state index contributed by atoms with van der Waals surface area (Å²) >= 11 is 6.00. The van der Waals surface area contributed by atoms with Gasteiger partial charge in [0.15, 0.2) is 0 Å². The van der Waals surface area contributed by atoms with Crippen molar-refractivity contribution in [2.24, 2.45) is 9.98 Å². The van der Waals surface area contributed by atoms with Crippen LogP contribution < -0.4 is 0 Å². The molecule has 0 unspecified atom stereocenters. The first-order valence-corrected chi connectivity index (χ1v) is 18.7. The van der Waals surface area contributed by atoms with Gasteiger partial charge < -0.3 is 0 Å². The van der Waals surface area contributed by atoms with Crippen molar-refractivity contribution >= 4 is 51.2 Å². The number of aryl methyl sites for hydroxylation is 8. The normalized spacial score (nSPS) is 10.7. The van der Waals surface area contributed by atoms with E-state index >= 15 is 0 Å². The third-order valence-electron chi connectivity index (χ3n) is 6.20. The maximum absolute atomic E-state index is 5.26. The second-order valence-electron chi connectivity index (χ2n) is 9.50. The molecule has 230 valence electrons. The van der Waals surface area contributed by atoms with E-state index in [0.717, 1.165) is 42.1 Å². The van der Waals surface area contributed by atoms with Gasteiger partial charge in [-0.05, 0) is 95.5 Å². The van der Waals surface area contributed by atoms with Gasteiger partial charge in [-0.15, -0.1) is 13.2 Å². The molecule has 2 nitrogen and oxygen atoms in total. The van der Waals surface area contributed by atoms with Gasteiger partial charge in [0.2, 0.25) is 0 Å². The summed E-state index contributed by atoms with van der Waals surface area (Å²) in [5.74, 6) is 0. The molecule has 5 heteroatoms. The molecule has 0 aliphatic rings. The molecule has 0 fully saturated rings. The van der Waals surface area contributed by atoms with Gasteiger partial charge in [-0.25, -0.2) is 0 Å². The SMILES string of the molecule is C.C=C.CC.CCC(=Nc1c(C)cc(C)cc1C)C(CCc1ccc(C)cc1)=Nc1c(C)cc(C)cc1C.[Br][Ni][Br]. The topological polar surface area (TPSA) is 24.7 Å². The van der Waals surface area contributed by atoms with Crippen LogP contribution in [0.25, 0.3) is 0 Å². The third-order valence-corrected chi connectivity index (χ3v) is 6.20. The molecule has 0 aliphatic carbocycles. The molecule has 41 heavy (non-hydrogen) atoms. The molecule has 0 atom stereocenters. The average Bonchev–Trinajstić information content (AvgIpc) is 2.91. The van der Waals surface area contributed by atoms with Crippen LogP contribution in [0.2, 0.25) is 0 Å². The standard InChI is InChI=1S/C31H38N2.C2H6.C2H4.CH4.2BrH.Ni/c1-9-28(32-30-23(5)16-21(3)17-24(30)6)29(15-14-27-12-10-20(2)11-13-27)33-31-25(7)18-22(4)19-26(31)8;2*1-2;;;;/h10-13,16-19H,9,14-15H2,1-8H3;1-2H3;1-2H2;1H4;2*1H;/q;;;;;;+2/p-2. The summed E-state index contributed by atoms with van der Waals surface area (Å²) in [4.78, 5) is 10.5. The Hall–Kier alpha value is -1.81. The zero-order chi connectivity index (χ0) is 30.8. The van der Waals surface area contributed by atoms with E-state index in [1.54, 1.807) is 0 Å². The molecule has 0 spiro atoms. The van der Waals surface area contributed by atoms with Crippen molar-refractivity contribution in [2.45, 2.75) is 95.9 Å². The fourth-order valence-electron chi connectivity index (χ4n) is 4.60. The van der Waals surface area contributed by atoms with Crippen molar-refractivity contribution < 1.29 is 10.9 Å². The molecule has 0 aromatic heterocycles. The van der Waals surface area contributed by atoms with Gasteiger partial charge in [0.25, 0.3) is 0 Å². The summed E-state index contributed by atoms with van der Waals surface area (Å²) in [6.07, 6.45) is 2.67. The first-order chi connectivity index (χ1) is 19.1. The molecule has 0 bridgehead atoms. The second-order valence-corrected chi connectivity index (χ2v) is 14.5. The number of hydrogen-bond acceptors (Lipinski definition) is 2. The number of hydrogen-bond donors (Lipinski definition) is 0. The quantitative estimate of drug-likeness (QED) is 0.131. The Kier molecular flexibility index (Phi) is 22.9. The molecular formula is C36H52Br2N2Ni. The van der Waals surface area contributed by atoms with Crippen LogP contribution >= 0.6 is 28.5 Å². The Morgan fingerprint density at radius 1 is 0.659 bits per heavy atom. The Bertz CT molecular complexity index is 1200. The van der Waals surface area contributed by atoms with Crippen LogP contribution in [-0.2, 0) is 17.3 Å². The number of aliphatic imine (C=N–C) groups is 2. The van der Waals surface area contributed by atoms with E-state index in [0.29, 0.717) is 0 Å². The molecule has 3 rings (SSSR count). The van der Waals surface area contributed by atoms with E-state index in [1.807, 2.05) is 13.8 Å². The Balaban J connectivity index is 0. The first kappa shape index (κ1) is 41.3. The molecular weight excluding hydrogens is 679 g/mol. The van der Waals surface area contributed by atoms with Crippen LogP contribution in [-0.4, -0.2) is 11.4 Å². The van der Waals surface area contributed by atoms with Gasteiger partial charge in [-0.3, -0.25) is 9.98 Å². The van der Waals surface area contributed by atoms with Gasteiger partial charge in [-0.1, -0.05) is 93.4 Å². The molecule has 0 heterocycles. The van der Waals surface area contributed by atoms with Crippen molar-refractivity contribution in [1.82, 2.24) is 0 Å². The Labute approximate surface area is 272 Å². The fraction of sp³-hybridized carbons (Fsp3) is 0.389. The van der Waals surface area contributed by atoms with Crippen LogP contribution in [0.4, 0.5) is 11.4 Å². The van der Waals surface area contributed by atoms with Crippen molar-refractivity contribution in [1.29, 1.82) is 0 Å². The zero-order valence-corrected chi connectivity index (χ0v) is 30.3. The second kappa shape index (κ2) is 22.7. The first-order valence-electron chi connectivity index (χ1n) is 13.8. The number of halogens is 2. The van der Waals surface area contributed by atoms with Crippen molar-refractivity contribution in [3.05, 3.63) is 106 Å². The van der Waals surface area contributed by atoms with Gasteiger partial charge in [-0.2, -0.15) is 0 Å². The van der Waals surface area contributed by atoms with E-state index in [4.69, 9.17) is 9.98 Å². The van der Waals surface area contributed by atoms with Gasteiger partial charge >= 0.3 is 39.3 Å². The molecule has 0 amide bonds. The van der Waals surface area contributed by atoms with Gasteiger partial charge in [0.1, 0.15) is 0 Å². The fourth-order valence-corrected chi connectivity index (χ4v) is 4.60. The number of rotatable bonds is 7. The van der Waals surface area contributed by atoms with Crippen molar-refractivity contribution in [2.75, 3.05) is 0 Å². The Morgan fingerprint density at radius 2 is 1.00 bits per heavy atom. The molecule has 0 N–H and O–H groups in total. The third kappa shape index (κ3) is 14.3. The van der Waals surface area contributed by atoms with Crippen molar-refractivity contribution in [3.63, 3.8) is 0 Å². The molecule has 0 aliphatic heterocycles. The Morgan fingerprint density at radius 3 is 1.34 bits per heavy atom. The van der Waals surface area contributed by atoms with Crippen LogP contribution in [0.15, 0.2) is 71.7 Å². The summed E-state index contributed by atoms with van der Waals surface area (Å²) in [6, 6.07) is 17.7. The predicted molar refractivity (Wildman–Crippen MR) is 192 cm³/mol.